The number of rotatable bonds is 6. The van der Waals surface area contributed by atoms with Crippen LogP contribution >= 0.6 is 45.9 Å². The van der Waals surface area contributed by atoms with Crippen LogP contribution in [0.4, 0.5) is 5.13 Å². The van der Waals surface area contributed by atoms with Crippen molar-refractivity contribution >= 4 is 67.1 Å². The van der Waals surface area contributed by atoms with E-state index in [-0.39, 0.29) is 5.91 Å². The van der Waals surface area contributed by atoms with Crippen LogP contribution in [0.5, 0.6) is 0 Å². The Morgan fingerprint density at radius 1 is 1.21 bits per heavy atom. The van der Waals surface area contributed by atoms with Gasteiger partial charge in [0.15, 0.2) is 5.13 Å². The normalized spacial score (nSPS) is 11.2. The van der Waals surface area contributed by atoms with Crippen LogP contribution in [0, 0.1) is 6.92 Å². The first-order valence-electron chi connectivity index (χ1n) is 8.61. The lowest BCUT2D eigenvalue weighted by Crippen LogP contribution is -2.31. The molecule has 0 bridgehead atoms. The number of thiazole rings is 1. The minimum absolute atomic E-state index is 0.0923. The smallest absolute Gasteiger partial charge is 0.270 e. The average molecular weight is 451 g/mol. The molecule has 4 rings (SSSR count). The monoisotopic (exact) mass is 450 g/mol. The van der Waals surface area contributed by atoms with Gasteiger partial charge in [-0.15, -0.1) is 11.3 Å². The van der Waals surface area contributed by atoms with E-state index in [2.05, 4.69) is 4.98 Å². The molecule has 28 heavy (non-hydrogen) atoms. The standard InChI is InChI=1S/C19H16Cl2N4OS2/c1-12-13(20)3-4-14-17(12)23-19(28-14)25(9-2-8-24-10-7-22-11-24)18(26)15-5-6-16(21)27-15/h3-7,10-11H,2,8-9H2,1H3. The van der Waals surface area contributed by atoms with Crippen LogP contribution < -0.4 is 4.90 Å². The van der Waals surface area contributed by atoms with Gasteiger partial charge in [-0.3, -0.25) is 9.69 Å². The minimum atomic E-state index is -0.0923. The maximum absolute atomic E-state index is 13.2. The Balaban J connectivity index is 1.65. The van der Waals surface area contributed by atoms with Gasteiger partial charge in [0.1, 0.15) is 0 Å². The second kappa shape index (κ2) is 8.21. The molecule has 144 valence electrons. The zero-order valence-electron chi connectivity index (χ0n) is 14.9. The number of fused-ring (bicyclic) bond motifs is 1. The lowest BCUT2D eigenvalue weighted by molar-refractivity contribution is 0.0990. The summed E-state index contributed by atoms with van der Waals surface area (Å²) < 4.78 is 3.59. The topological polar surface area (TPSA) is 51.0 Å². The van der Waals surface area contributed by atoms with Gasteiger partial charge in [0, 0.05) is 30.5 Å². The summed E-state index contributed by atoms with van der Waals surface area (Å²) >= 11 is 15.1. The van der Waals surface area contributed by atoms with Gasteiger partial charge in [0.2, 0.25) is 0 Å². The van der Waals surface area contributed by atoms with Gasteiger partial charge in [0.05, 0.1) is 25.8 Å². The molecule has 4 aromatic rings. The molecular weight excluding hydrogens is 435 g/mol. The van der Waals surface area contributed by atoms with Crippen molar-refractivity contribution in [3.05, 3.63) is 62.8 Å². The van der Waals surface area contributed by atoms with Crippen LogP contribution in [0.2, 0.25) is 9.36 Å². The predicted octanol–water partition coefficient (Wildman–Crippen LogP) is 5.91. The van der Waals surface area contributed by atoms with E-state index < -0.39 is 0 Å². The molecule has 3 aromatic heterocycles. The molecule has 0 aliphatic carbocycles. The fourth-order valence-corrected chi connectivity index (χ4v) is 5.08. The van der Waals surface area contributed by atoms with Gasteiger partial charge in [-0.25, -0.2) is 9.97 Å². The number of nitrogens with zero attached hydrogens (tertiary/aromatic N) is 4. The first-order chi connectivity index (χ1) is 13.5. The van der Waals surface area contributed by atoms with E-state index in [1.165, 1.54) is 22.7 Å². The molecule has 0 spiro atoms. The van der Waals surface area contributed by atoms with Crippen molar-refractivity contribution in [3.8, 4) is 0 Å². The number of carbonyl (C=O) groups is 1. The summed E-state index contributed by atoms with van der Waals surface area (Å²) in [5.41, 5.74) is 1.76. The van der Waals surface area contributed by atoms with Crippen LogP contribution in [-0.2, 0) is 6.54 Å². The average Bonchev–Trinajstić information content (AvgIpc) is 3.42. The van der Waals surface area contributed by atoms with Crippen molar-refractivity contribution in [2.75, 3.05) is 11.4 Å². The fourth-order valence-electron chi connectivity index (χ4n) is 2.88. The van der Waals surface area contributed by atoms with Gasteiger partial charge in [0.25, 0.3) is 5.91 Å². The lowest BCUT2D eigenvalue weighted by Gasteiger charge is -2.19. The van der Waals surface area contributed by atoms with Crippen molar-refractivity contribution in [2.45, 2.75) is 19.9 Å². The summed E-state index contributed by atoms with van der Waals surface area (Å²) in [7, 11) is 0. The second-order valence-corrected chi connectivity index (χ2v) is 9.36. The Morgan fingerprint density at radius 3 is 2.79 bits per heavy atom. The minimum Gasteiger partial charge on any atom is -0.337 e. The molecule has 1 aromatic carbocycles. The highest BCUT2D eigenvalue weighted by Gasteiger charge is 2.23. The number of amides is 1. The van der Waals surface area contributed by atoms with E-state index in [4.69, 9.17) is 28.2 Å². The number of thiophene rings is 1. The Morgan fingerprint density at radius 2 is 2.07 bits per heavy atom. The third-order valence-electron chi connectivity index (χ3n) is 4.35. The van der Waals surface area contributed by atoms with E-state index >= 15 is 0 Å². The van der Waals surface area contributed by atoms with Crippen molar-refractivity contribution < 1.29 is 4.79 Å². The summed E-state index contributed by atoms with van der Waals surface area (Å²) in [6.07, 6.45) is 6.20. The number of hydrogen-bond acceptors (Lipinski definition) is 5. The van der Waals surface area contributed by atoms with Gasteiger partial charge in [-0.2, -0.15) is 0 Å². The summed E-state index contributed by atoms with van der Waals surface area (Å²) in [4.78, 5) is 24.3. The van der Waals surface area contributed by atoms with E-state index in [9.17, 15) is 4.79 Å². The number of benzene rings is 1. The summed E-state index contributed by atoms with van der Waals surface area (Å²) in [6.45, 7) is 3.25. The highest BCUT2D eigenvalue weighted by atomic mass is 35.5. The van der Waals surface area contributed by atoms with Gasteiger partial charge in [-0.1, -0.05) is 34.5 Å². The molecule has 9 heteroatoms. The van der Waals surface area contributed by atoms with Crippen molar-refractivity contribution in [1.29, 1.82) is 0 Å². The molecule has 0 N–H and O–H groups in total. The van der Waals surface area contributed by atoms with Crippen LogP contribution in [0.15, 0.2) is 43.0 Å². The fraction of sp³-hybridized carbons (Fsp3) is 0.211. The molecule has 0 aliphatic heterocycles. The lowest BCUT2D eigenvalue weighted by atomic mass is 10.2. The van der Waals surface area contributed by atoms with Gasteiger partial charge < -0.3 is 4.57 Å². The number of aromatic nitrogens is 3. The summed E-state index contributed by atoms with van der Waals surface area (Å²) in [6, 6.07) is 7.31. The molecule has 0 unspecified atom stereocenters. The molecule has 0 aliphatic rings. The molecule has 0 atom stereocenters. The number of halogens is 2. The summed E-state index contributed by atoms with van der Waals surface area (Å²) in [5, 5.41) is 1.34. The molecule has 1 amide bonds. The molecule has 0 radical (unpaired) electrons. The highest BCUT2D eigenvalue weighted by molar-refractivity contribution is 7.22. The zero-order chi connectivity index (χ0) is 19.7. The van der Waals surface area contributed by atoms with Gasteiger partial charge >= 0.3 is 0 Å². The van der Waals surface area contributed by atoms with Crippen LogP contribution in [-0.4, -0.2) is 27.0 Å². The first-order valence-corrected chi connectivity index (χ1v) is 11.0. The molecule has 0 fully saturated rings. The maximum Gasteiger partial charge on any atom is 0.270 e. The largest absolute Gasteiger partial charge is 0.337 e. The van der Waals surface area contributed by atoms with Crippen molar-refractivity contribution in [2.24, 2.45) is 0 Å². The second-order valence-electron chi connectivity index (χ2n) is 6.23. The van der Waals surface area contributed by atoms with E-state index in [1.54, 1.807) is 29.6 Å². The molecule has 0 saturated heterocycles. The molecule has 5 nitrogen and oxygen atoms in total. The van der Waals surface area contributed by atoms with E-state index in [1.807, 2.05) is 29.8 Å². The SMILES string of the molecule is Cc1c(Cl)ccc2sc(N(CCCn3ccnc3)C(=O)c3ccc(Cl)s3)nc12. The van der Waals surface area contributed by atoms with Crippen LogP contribution in [0.25, 0.3) is 10.2 Å². The van der Waals surface area contributed by atoms with Crippen molar-refractivity contribution in [3.63, 3.8) is 0 Å². The Labute approximate surface area is 180 Å². The third-order valence-corrected chi connectivity index (χ3v) is 7.03. The number of aryl methyl sites for hydroxylation is 2. The Hall–Kier alpha value is -1.93. The Bertz CT molecular complexity index is 1120. The van der Waals surface area contributed by atoms with Crippen LogP contribution in [0.3, 0.4) is 0 Å². The van der Waals surface area contributed by atoms with Gasteiger partial charge in [-0.05, 0) is 43.2 Å². The predicted molar refractivity (Wildman–Crippen MR) is 117 cm³/mol. The number of anilines is 1. The molecular formula is C19H16Cl2N4OS2. The number of carbonyl (C=O) groups excluding carboxylic acids is 1. The zero-order valence-corrected chi connectivity index (χ0v) is 18.1. The highest BCUT2D eigenvalue weighted by Crippen LogP contribution is 2.35. The number of imidazole rings is 1. The maximum atomic E-state index is 13.2. The van der Waals surface area contributed by atoms with Crippen LogP contribution in [0.1, 0.15) is 21.7 Å². The number of hydrogen-bond donors (Lipinski definition) is 0. The van der Waals surface area contributed by atoms with Crippen molar-refractivity contribution in [1.82, 2.24) is 14.5 Å². The van der Waals surface area contributed by atoms with E-state index in [0.29, 0.717) is 25.9 Å². The Kier molecular flexibility index (Phi) is 5.68. The molecule has 0 saturated carbocycles. The molecule has 3 heterocycles. The third kappa shape index (κ3) is 3.93. The first kappa shape index (κ1) is 19.4. The van der Waals surface area contributed by atoms with E-state index in [0.717, 1.165) is 28.7 Å². The summed E-state index contributed by atoms with van der Waals surface area (Å²) in [5.74, 6) is -0.0923. The quantitative estimate of drug-likeness (QED) is 0.366.